The average Bonchev–Trinajstić information content (AvgIpc) is 3.28. The van der Waals surface area contributed by atoms with Crippen molar-refractivity contribution in [2.24, 2.45) is 0 Å². The van der Waals surface area contributed by atoms with Gasteiger partial charge in [-0.1, -0.05) is 19.1 Å². The smallest absolute Gasteiger partial charge is 0.241 e. The summed E-state index contributed by atoms with van der Waals surface area (Å²) in [6.45, 7) is 1.41. The van der Waals surface area contributed by atoms with E-state index in [1.54, 1.807) is 13.0 Å². The summed E-state index contributed by atoms with van der Waals surface area (Å²) in [6, 6.07) is 6.00. The Morgan fingerprint density at radius 3 is 2.62 bits per heavy atom. The standard InChI is InChI=1S/C14H18N2O4S/c1-2-13(17)10-4-3-5-12(8-10)21(19,20)15-9-14(18)16-11-6-7-11/h3-5,8,11,15H,2,6-7,9H2,1H3,(H,16,18). The fourth-order valence-electron chi connectivity index (χ4n) is 1.79. The van der Waals surface area contributed by atoms with Gasteiger partial charge in [0.1, 0.15) is 0 Å². The highest BCUT2D eigenvalue weighted by atomic mass is 32.2. The summed E-state index contributed by atoms with van der Waals surface area (Å²) < 4.78 is 26.4. The molecule has 0 atom stereocenters. The number of nitrogens with one attached hydrogen (secondary N) is 2. The van der Waals surface area contributed by atoms with Crippen molar-refractivity contribution in [1.29, 1.82) is 0 Å². The molecule has 2 N–H and O–H groups in total. The minimum atomic E-state index is -3.80. The van der Waals surface area contributed by atoms with Crippen LogP contribution in [0.25, 0.3) is 0 Å². The molecule has 0 spiro atoms. The molecule has 7 heteroatoms. The second-order valence-electron chi connectivity index (χ2n) is 4.97. The molecule has 0 heterocycles. The van der Waals surface area contributed by atoms with Crippen LogP contribution in [0.1, 0.15) is 36.5 Å². The lowest BCUT2D eigenvalue weighted by Gasteiger charge is -2.08. The minimum Gasteiger partial charge on any atom is -0.352 e. The van der Waals surface area contributed by atoms with Crippen LogP contribution in [0.15, 0.2) is 29.2 Å². The van der Waals surface area contributed by atoms with Crippen molar-refractivity contribution in [2.45, 2.75) is 37.1 Å². The van der Waals surface area contributed by atoms with Gasteiger partial charge in [-0.25, -0.2) is 13.1 Å². The Bertz CT molecular complexity index is 651. The molecule has 1 aromatic carbocycles. The van der Waals surface area contributed by atoms with Crippen molar-refractivity contribution in [3.8, 4) is 0 Å². The Kier molecular flexibility index (Phi) is 4.74. The van der Waals surface area contributed by atoms with Gasteiger partial charge in [0.05, 0.1) is 11.4 Å². The number of carbonyl (C=O) groups is 2. The SMILES string of the molecule is CCC(=O)c1cccc(S(=O)(=O)NCC(=O)NC2CC2)c1. The van der Waals surface area contributed by atoms with Crippen LogP contribution in [0, 0.1) is 0 Å². The number of sulfonamides is 1. The molecule has 1 aromatic rings. The van der Waals surface area contributed by atoms with Gasteiger partial charge < -0.3 is 5.32 Å². The fourth-order valence-corrected chi connectivity index (χ4v) is 2.82. The molecule has 0 saturated heterocycles. The average molecular weight is 310 g/mol. The zero-order valence-electron chi connectivity index (χ0n) is 11.8. The first-order chi connectivity index (χ1) is 9.92. The summed E-state index contributed by atoms with van der Waals surface area (Å²) in [4.78, 5) is 23.1. The van der Waals surface area contributed by atoms with Crippen molar-refractivity contribution >= 4 is 21.7 Å². The molecule has 1 aliphatic rings. The first-order valence-electron chi connectivity index (χ1n) is 6.84. The molecule has 1 saturated carbocycles. The van der Waals surface area contributed by atoms with E-state index >= 15 is 0 Å². The van der Waals surface area contributed by atoms with Crippen LogP contribution in [0.3, 0.4) is 0 Å². The summed E-state index contributed by atoms with van der Waals surface area (Å²) in [7, 11) is -3.80. The minimum absolute atomic E-state index is 0.0129. The van der Waals surface area contributed by atoms with Crippen LogP contribution in [0.4, 0.5) is 0 Å². The van der Waals surface area contributed by atoms with Gasteiger partial charge in [0, 0.05) is 18.0 Å². The molecule has 6 nitrogen and oxygen atoms in total. The molecular weight excluding hydrogens is 292 g/mol. The third kappa shape index (κ3) is 4.37. The second kappa shape index (κ2) is 6.36. The Labute approximate surface area is 124 Å². The normalized spacial score (nSPS) is 14.7. The lowest BCUT2D eigenvalue weighted by molar-refractivity contribution is -0.120. The van der Waals surface area contributed by atoms with Gasteiger partial charge in [-0.15, -0.1) is 0 Å². The summed E-state index contributed by atoms with van der Waals surface area (Å²) in [6.07, 6.45) is 2.19. The number of ketones is 1. The highest BCUT2D eigenvalue weighted by molar-refractivity contribution is 7.89. The number of hydrogen-bond acceptors (Lipinski definition) is 4. The molecule has 0 aromatic heterocycles. The lowest BCUT2D eigenvalue weighted by atomic mass is 10.1. The number of rotatable bonds is 7. The Hall–Kier alpha value is -1.73. The Morgan fingerprint density at radius 2 is 2.00 bits per heavy atom. The molecule has 1 aliphatic carbocycles. The molecule has 2 rings (SSSR count). The quantitative estimate of drug-likeness (QED) is 0.730. The third-order valence-corrected chi connectivity index (χ3v) is 4.55. The Balaban J connectivity index is 2.04. The van der Waals surface area contributed by atoms with Gasteiger partial charge in [-0.2, -0.15) is 0 Å². The van der Waals surface area contributed by atoms with E-state index in [0.29, 0.717) is 12.0 Å². The summed E-state index contributed by atoms with van der Waals surface area (Å²) in [5.74, 6) is -0.472. The number of hydrogen-bond donors (Lipinski definition) is 2. The maximum Gasteiger partial charge on any atom is 0.241 e. The predicted molar refractivity (Wildman–Crippen MR) is 77.4 cm³/mol. The van der Waals surface area contributed by atoms with Crippen LogP contribution < -0.4 is 10.0 Å². The van der Waals surface area contributed by atoms with E-state index in [4.69, 9.17) is 0 Å². The van der Waals surface area contributed by atoms with Gasteiger partial charge >= 0.3 is 0 Å². The van der Waals surface area contributed by atoms with E-state index in [1.165, 1.54) is 18.2 Å². The first kappa shape index (κ1) is 15.7. The van der Waals surface area contributed by atoms with Crippen molar-refractivity contribution in [3.05, 3.63) is 29.8 Å². The summed E-state index contributed by atoms with van der Waals surface area (Å²) >= 11 is 0. The molecule has 0 bridgehead atoms. The second-order valence-corrected chi connectivity index (χ2v) is 6.74. The summed E-state index contributed by atoms with van der Waals surface area (Å²) in [5, 5.41) is 2.70. The molecule has 0 aliphatic heterocycles. The topological polar surface area (TPSA) is 92.3 Å². The van der Waals surface area contributed by atoms with E-state index in [0.717, 1.165) is 12.8 Å². The van der Waals surface area contributed by atoms with Gasteiger partial charge in [0.2, 0.25) is 15.9 Å². The van der Waals surface area contributed by atoms with E-state index in [1.807, 2.05) is 0 Å². The highest BCUT2D eigenvalue weighted by Gasteiger charge is 2.24. The Morgan fingerprint density at radius 1 is 1.29 bits per heavy atom. The van der Waals surface area contributed by atoms with Crippen molar-refractivity contribution in [1.82, 2.24) is 10.0 Å². The maximum absolute atomic E-state index is 12.1. The highest BCUT2D eigenvalue weighted by Crippen LogP contribution is 2.18. The molecule has 21 heavy (non-hydrogen) atoms. The van der Waals surface area contributed by atoms with Crippen LogP contribution in [0.5, 0.6) is 0 Å². The summed E-state index contributed by atoms with van der Waals surface area (Å²) in [5.41, 5.74) is 0.350. The number of Topliss-reactive ketones (excluding diaryl/α,β-unsaturated/α-hetero) is 1. The van der Waals surface area contributed by atoms with Crippen LogP contribution in [-0.4, -0.2) is 32.7 Å². The van der Waals surface area contributed by atoms with Crippen molar-refractivity contribution < 1.29 is 18.0 Å². The number of carbonyl (C=O) groups excluding carboxylic acids is 2. The molecular formula is C14H18N2O4S. The molecule has 1 fully saturated rings. The van der Waals surface area contributed by atoms with E-state index < -0.39 is 10.0 Å². The lowest BCUT2D eigenvalue weighted by Crippen LogP contribution is -2.37. The molecule has 114 valence electrons. The monoisotopic (exact) mass is 310 g/mol. The van der Waals surface area contributed by atoms with Gasteiger partial charge in [-0.05, 0) is 25.0 Å². The van der Waals surface area contributed by atoms with Crippen molar-refractivity contribution in [2.75, 3.05) is 6.54 Å². The zero-order valence-corrected chi connectivity index (χ0v) is 12.6. The first-order valence-corrected chi connectivity index (χ1v) is 8.33. The van der Waals surface area contributed by atoms with E-state index in [-0.39, 0.29) is 29.2 Å². The van der Waals surface area contributed by atoms with Gasteiger partial charge in [0.25, 0.3) is 0 Å². The van der Waals surface area contributed by atoms with Crippen LogP contribution in [-0.2, 0) is 14.8 Å². The third-order valence-electron chi connectivity index (χ3n) is 3.15. The van der Waals surface area contributed by atoms with Gasteiger partial charge in [-0.3, -0.25) is 9.59 Å². The largest absolute Gasteiger partial charge is 0.352 e. The van der Waals surface area contributed by atoms with E-state index in [2.05, 4.69) is 10.0 Å². The molecule has 0 radical (unpaired) electrons. The molecule has 1 amide bonds. The number of amides is 1. The van der Waals surface area contributed by atoms with Crippen LogP contribution in [0.2, 0.25) is 0 Å². The van der Waals surface area contributed by atoms with Crippen LogP contribution >= 0.6 is 0 Å². The van der Waals surface area contributed by atoms with E-state index in [9.17, 15) is 18.0 Å². The van der Waals surface area contributed by atoms with Crippen molar-refractivity contribution in [3.63, 3.8) is 0 Å². The zero-order chi connectivity index (χ0) is 15.5. The van der Waals surface area contributed by atoms with Gasteiger partial charge in [0.15, 0.2) is 5.78 Å². The maximum atomic E-state index is 12.1. The fraction of sp³-hybridized carbons (Fsp3) is 0.429. The predicted octanol–water partition coefficient (Wildman–Crippen LogP) is 0.836. The molecule has 0 unspecified atom stereocenters. The number of benzene rings is 1.